The Morgan fingerprint density at radius 3 is 2.84 bits per heavy atom. The van der Waals surface area contributed by atoms with Gasteiger partial charge in [-0.05, 0) is 42.9 Å². The Morgan fingerprint density at radius 2 is 2.16 bits per heavy atom. The molecule has 4 nitrogen and oxygen atoms in total. The van der Waals surface area contributed by atoms with E-state index in [1.807, 2.05) is 5.38 Å². The van der Waals surface area contributed by atoms with Crippen molar-refractivity contribution < 1.29 is 9.90 Å². The zero-order valence-electron chi connectivity index (χ0n) is 10.7. The molecule has 0 radical (unpaired) electrons. The van der Waals surface area contributed by atoms with E-state index in [0.29, 0.717) is 12.5 Å². The summed E-state index contributed by atoms with van der Waals surface area (Å²) in [6.45, 7) is 0. The van der Waals surface area contributed by atoms with Gasteiger partial charge in [0.15, 0.2) is 5.13 Å². The maximum absolute atomic E-state index is 10.5. The first-order chi connectivity index (χ1) is 9.22. The van der Waals surface area contributed by atoms with Crippen LogP contribution in [0.5, 0.6) is 0 Å². The average molecular weight is 278 g/mol. The van der Waals surface area contributed by atoms with Gasteiger partial charge in [-0.25, -0.2) is 4.98 Å². The van der Waals surface area contributed by atoms with Crippen molar-refractivity contribution in [2.75, 3.05) is 5.32 Å². The van der Waals surface area contributed by atoms with Crippen molar-refractivity contribution in [2.45, 2.75) is 38.1 Å². The number of hydrogen-bond donors (Lipinski definition) is 2. The first kappa shape index (κ1) is 11.7. The molecule has 102 valence electrons. The molecule has 0 aliphatic heterocycles. The number of aliphatic carboxylic acids is 1. The molecule has 5 heteroatoms. The SMILES string of the molecule is O=C(O)CCc1csc(NC2C3C4CCC(C4)C23)n1. The lowest BCUT2D eigenvalue weighted by atomic mass is 10.0. The maximum Gasteiger partial charge on any atom is 0.303 e. The van der Waals surface area contributed by atoms with Crippen LogP contribution in [0, 0.1) is 23.7 Å². The van der Waals surface area contributed by atoms with Gasteiger partial charge in [0.05, 0.1) is 12.1 Å². The van der Waals surface area contributed by atoms with Crippen LogP contribution in [0.2, 0.25) is 0 Å². The lowest BCUT2D eigenvalue weighted by Gasteiger charge is -2.09. The minimum atomic E-state index is -0.754. The molecule has 0 amide bonds. The molecule has 19 heavy (non-hydrogen) atoms. The van der Waals surface area contributed by atoms with E-state index in [1.165, 1.54) is 19.3 Å². The summed E-state index contributed by atoms with van der Waals surface area (Å²) in [7, 11) is 0. The number of aryl methyl sites for hydroxylation is 1. The lowest BCUT2D eigenvalue weighted by molar-refractivity contribution is -0.136. The van der Waals surface area contributed by atoms with Crippen molar-refractivity contribution in [1.82, 2.24) is 4.98 Å². The van der Waals surface area contributed by atoms with Gasteiger partial charge >= 0.3 is 5.97 Å². The molecule has 0 saturated heterocycles. The molecule has 3 aliphatic rings. The third kappa shape index (κ3) is 1.95. The number of hydrogen-bond acceptors (Lipinski definition) is 4. The van der Waals surface area contributed by atoms with Crippen molar-refractivity contribution in [3.05, 3.63) is 11.1 Å². The lowest BCUT2D eigenvalue weighted by Crippen LogP contribution is -2.12. The third-order valence-electron chi connectivity index (χ3n) is 5.17. The van der Waals surface area contributed by atoms with Crippen LogP contribution in [0.15, 0.2) is 5.38 Å². The molecule has 4 unspecified atom stereocenters. The summed E-state index contributed by atoms with van der Waals surface area (Å²) in [6.07, 6.45) is 5.05. The van der Waals surface area contributed by atoms with Crippen LogP contribution in [0.4, 0.5) is 5.13 Å². The quantitative estimate of drug-likeness (QED) is 0.869. The smallest absolute Gasteiger partial charge is 0.303 e. The summed E-state index contributed by atoms with van der Waals surface area (Å²) in [5, 5.41) is 15.2. The van der Waals surface area contributed by atoms with Crippen molar-refractivity contribution in [3.63, 3.8) is 0 Å². The summed E-state index contributed by atoms with van der Waals surface area (Å²) in [5.74, 6) is 3.00. The van der Waals surface area contributed by atoms with E-state index in [4.69, 9.17) is 5.11 Å². The predicted molar refractivity (Wildman–Crippen MR) is 73.3 cm³/mol. The second-order valence-corrected chi connectivity index (χ2v) is 7.05. The van der Waals surface area contributed by atoms with Gasteiger partial charge in [-0.3, -0.25) is 4.79 Å². The van der Waals surface area contributed by atoms with E-state index < -0.39 is 5.97 Å². The minimum absolute atomic E-state index is 0.169. The summed E-state index contributed by atoms with van der Waals surface area (Å²) in [5.41, 5.74) is 0.906. The molecular formula is C14H18N2O2S. The van der Waals surface area contributed by atoms with Gasteiger partial charge in [0.1, 0.15) is 0 Å². The molecule has 0 aromatic carbocycles. The van der Waals surface area contributed by atoms with E-state index in [9.17, 15) is 4.79 Å². The number of carboxylic acids is 1. The second-order valence-electron chi connectivity index (χ2n) is 6.20. The molecule has 1 aromatic heterocycles. The highest BCUT2D eigenvalue weighted by molar-refractivity contribution is 7.13. The van der Waals surface area contributed by atoms with Crippen LogP contribution in [0.25, 0.3) is 0 Å². The molecule has 0 spiro atoms. The van der Waals surface area contributed by atoms with Crippen LogP contribution in [-0.4, -0.2) is 22.1 Å². The summed E-state index contributed by atoms with van der Waals surface area (Å²) in [4.78, 5) is 15.0. The van der Waals surface area contributed by atoms with Crippen LogP contribution in [-0.2, 0) is 11.2 Å². The molecule has 2 N–H and O–H groups in total. The van der Waals surface area contributed by atoms with Crippen LogP contribution in [0.3, 0.4) is 0 Å². The van der Waals surface area contributed by atoms with E-state index in [0.717, 1.165) is 34.5 Å². The fourth-order valence-electron chi connectivity index (χ4n) is 4.38. The fourth-order valence-corrected chi connectivity index (χ4v) is 5.18. The Balaban J connectivity index is 1.36. The van der Waals surface area contributed by atoms with Crippen molar-refractivity contribution >= 4 is 22.4 Å². The number of aromatic nitrogens is 1. The van der Waals surface area contributed by atoms with E-state index in [-0.39, 0.29) is 6.42 Å². The van der Waals surface area contributed by atoms with Gasteiger partial charge in [-0.2, -0.15) is 0 Å². The number of nitrogens with one attached hydrogen (secondary N) is 1. The van der Waals surface area contributed by atoms with E-state index in [2.05, 4.69) is 10.3 Å². The Morgan fingerprint density at radius 1 is 1.42 bits per heavy atom. The highest BCUT2D eigenvalue weighted by Gasteiger charge is 2.65. The summed E-state index contributed by atoms with van der Waals surface area (Å²) < 4.78 is 0. The summed E-state index contributed by atoms with van der Waals surface area (Å²) in [6, 6.07) is 0.657. The van der Waals surface area contributed by atoms with Gasteiger partial charge < -0.3 is 10.4 Å². The number of rotatable bonds is 5. The number of fused-ring (bicyclic) bond motifs is 5. The van der Waals surface area contributed by atoms with Crippen molar-refractivity contribution in [3.8, 4) is 0 Å². The van der Waals surface area contributed by atoms with Gasteiger partial charge in [-0.15, -0.1) is 11.3 Å². The topological polar surface area (TPSA) is 62.2 Å². The van der Waals surface area contributed by atoms with Crippen LogP contribution < -0.4 is 5.32 Å². The molecule has 4 rings (SSSR count). The number of nitrogens with zero attached hydrogens (tertiary/aromatic N) is 1. The van der Waals surface area contributed by atoms with Gasteiger partial charge in [0.2, 0.25) is 0 Å². The molecule has 1 heterocycles. The first-order valence-electron chi connectivity index (χ1n) is 7.15. The van der Waals surface area contributed by atoms with Gasteiger partial charge in [-0.1, -0.05) is 0 Å². The molecular weight excluding hydrogens is 260 g/mol. The monoisotopic (exact) mass is 278 g/mol. The third-order valence-corrected chi connectivity index (χ3v) is 5.99. The van der Waals surface area contributed by atoms with Crippen LogP contribution in [0.1, 0.15) is 31.4 Å². The molecule has 3 aliphatic carbocycles. The Bertz CT molecular complexity index is 499. The number of carbonyl (C=O) groups is 1. The first-order valence-corrected chi connectivity index (χ1v) is 8.03. The van der Waals surface area contributed by atoms with E-state index >= 15 is 0 Å². The molecule has 3 saturated carbocycles. The van der Waals surface area contributed by atoms with Gasteiger partial charge in [0, 0.05) is 17.8 Å². The summed E-state index contributed by atoms with van der Waals surface area (Å²) >= 11 is 1.62. The zero-order chi connectivity index (χ0) is 13.0. The molecule has 1 aromatic rings. The largest absolute Gasteiger partial charge is 0.481 e. The molecule has 3 fully saturated rings. The standard InChI is InChI=1S/C14H18N2O2S/c17-10(18)4-3-9-6-19-14(15-9)16-13-11-7-1-2-8(5-7)12(11)13/h6-8,11-13H,1-5H2,(H,15,16)(H,17,18). The van der Waals surface area contributed by atoms with Crippen LogP contribution >= 0.6 is 11.3 Å². The molecule has 2 bridgehead atoms. The highest BCUT2D eigenvalue weighted by atomic mass is 32.1. The normalized spacial score (nSPS) is 38.2. The highest BCUT2D eigenvalue weighted by Crippen LogP contribution is 2.66. The number of carboxylic acid groups (broad SMARTS) is 1. The van der Waals surface area contributed by atoms with E-state index in [1.54, 1.807) is 11.3 Å². The van der Waals surface area contributed by atoms with Crippen molar-refractivity contribution in [1.29, 1.82) is 0 Å². The maximum atomic E-state index is 10.5. The fraction of sp³-hybridized carbons (Fsp3) is 0.714. The van der Waals surface area contributed by atoms with Crippen molar-refractivity contribution in [2.24, 2.45) is 23.7 Å². The molecule has 4 atom stereocenters. The zero-order valence-corrected chi connectivity index (χ0v) is 11.5. The number of thiazole rings is 1. The number of anilines is 1. The Labute approximate surface area is 116 Å². The predicted octanol–water partition coefficient (Wildman–Crippen LogP) is 2.62. The van der Waals surface area contributed by atoms with Gasteiger partial charge in [0.25, 0.3) is 0 Å². The second kappa shape index (κ2) is 4.20. The Hall–Kier alpha value is -1.10. The average Bonchev–Trinajstić information content (AvgIpc) is 2.79. The minimum Gasteiger partial charge on any atom is -0.481 e. The Kier molecular flexibility index (Phi) is 2.59.